The highest BCUT2D eigenvalue weighted by molar-refractivity contribution is 7.15. The van der Waals surface area contributed by atoms with E-state index in [0.717, 1.165) is 54.3 Å². The summed E-state index contributed by atoms with van der Waals surface area (Å²) in [5, 5.41) is 13.3. The molecule has 0 spiro atoms. The largest absolute Gasteiger partial charge is 0.369 e. The molecule has 1 atom stereocenters. The molecule has 1 aliphatic rings. The maximum atomic E-state index is 5.98. The molecule has 3 rings (SSSR count). The lowest BCUT2D eigenvalue weighted by Gasteiger charge is -2.36. The second kappa shape index (κ2) is 7.76. The third-order valence-electron chi connectivity index (χ3n) is 3.95. The van der Waals surface area contributed by atoms with Crippen molar-refractivity contribution in [2.75, 3.05) is 31.6 Å². The van der Waals surface area contributed by atoms with Crippen molar-refractivity contribution < 1.29 is 4.74 Å². The number of aromatic nitrogens is 3. The van der Waals surface area contributed by atoms with E-state index in [4.69, 9.17) is 9.72 Å². The van der Waals surface area contributed by atoms with Gasteiger partial charge < -0.3 is 10.1 Å². The lowest BCUT2D eigenvalue weighted by molar-refractivity contribution is -0.0407. The van der Waals surface area contributed by atoms with Gasteiger partial charge in [0, 0.05) is 19.6 Å². The molecule has 0 radical (unpaired) electrons. The fourth-order valence-corrected chi connectivity index (χ4v) is 3.64. The molecule has 7 heteroatoms. The van der Waals surface area contributed by atoms with Crippen molar-refractivity contribution in [2.24, 2.45) is 5.41 Å². The Labute approximate surface area is 153 Å². The van der Waals surface area contributed by atoms with Crippen LogP contribution < -0.4 is 5.32 Å². The molecule has 1 saturated heterocycles. The van der Waals surface area contributed by atoms with E-state index in [2.05, 4.69) is 48.1 Å². The molecular formula is C18H27N5OS. The highest BCUT2D eigenvalue weighted by atomic mass is 32.1. The predicted octanol–water partition coefficient (Wildman–Crippen LogP) is 3.66. The number of nitrogens with one attached hydrogen (secondary N) is 1. The van der Waals surface area contributed by atoms with Gasteiger partial charge in [0.05, 0.1) is 12.3 Å². The van der Waals surface area contributed by atoms with Crippen molar-refractivity contribution in [1.82, 2.24) is 20.1 Å². The van der Waals surface area contributed by atoms with Crippen molar-refractivity contribution in [3.8, 4) is 0 Å². The Kier molecular flexibility index (Phi) is 5.66. The van der Waals surface area contributed by atoms with Crippen LogP contribution >= 0.6 is 11.3 Å². The topological polar surface area (TPSA) is 63.2 Å². The minimum Gasteiger partial charge on any atom is -0.369 e. The third-order valence-corrected chi connectivity index (χ3v) is 4.94. The normalized spacial score (nSPS) is 19.1. The molecular weight excluding hydrogens is 334 g/mol. The quantitative estimate of drug-likeness (QED) is 0.877. The van der Waals surface area contributed by atoms with E-state index in [-0.39, 0.29) is 11.5 Å². The Bertz CT molecular complexity index is 697. The first kappa shape index (κ1) is 18.2. The van der Waals surface area contributed by atoms with Gasteiger partial charge in [-0.25, -0.2) is 4.98 Å². The highest BCUT2D eigenvalue weighted by Gasteiger charge is 2.26. The first-order valence-corrected chi connectivity index (χ1v) is 9.65. The van der Waals surface area contributed by atoms with Gasteiger partial charge in [-0.15, -0.1) is 10.2 Å². The lowest BCUT2D eigenvalue weighted by atomic mass is 9.95. The summed E-state index contributed by atoms with van der Waals surface area (Å²) in [6.07, 6.45) is 0.908. The average Bonchev–Trinajstić information content (AvgIpc) is 3.01. The Morgan fingerprint density at radius 1 is 1.32 bits per heavy atom. The predicted molar refractivity (Wildman–Crippen MR) is 101 cm³/mol. The van der Waals surface area contributed by atoms with Crippen molar-refractivity contribution >= 4 is 22.3 Å². The molecule has 25 heavy (non-hydrogen) atoms. The molecule has 2 aromatic heterocycles. The van der Waals surface area contributed by atoms with E-state index in [9.17, 15) is 0 Å². The molecule has 0 aromatic carbocycles. The summed E-state index contributed by atoms with van der Waals surface area (Å²) in [6, 6.07) is 6.00. The van der Waals surface area contributed by atoms with E-state index in [0.29, 0.717) is 0 Å². The zero-order chi connectivity index (χ0) is 17.9. The van der Waals surface area contributed by atoms with E-state index >= 15 is 0 Å². The van der Waals surface area contributed by atoms with Gasteiger partial charge in [0.15, 0.2) is 0 Å². The SMILES string of the molecule is CCc1nnc(Nc2cccc(C3CN(CC(C)(C)C)CCO3)n2)s1. The summed E-state index contributed by atoms with van der Waals surface area (Å²) in [6.45, 7) is 12.6. The number of rotatable bonds is 5. The monoisotopic (exact) mass is 361 g/mol. The van der Waals surface area contributed by atoms with Crippen LogP contribution in [-0.2, 0) is 11.2 Å². The highest BCUT2D eigenvalue weighted by Crippen LogP contribution is 2.26. The standard InChI is InChI=1S/C18H27N5OS/c1-5-16-21-22-17(25-16)20-15-8-6-7-13(19-15)14-11-23(9-10-24-14)12-18(2,3)4/h6-8,14H,5,9-12H2,1-4H3,(H,19,20,22). The summed E-state index contributed by atoms with van der Waals surface area (Å²) in [4.78, 5) is 7.20. The number of aryl methyl sites for hydroxylation is 1. The smallest absolute Gasteiger partial charge is 0.211 e. The van der Waals surface area contributed by atoms with Crippen LogP contribution in [0.5, 0.6) is 0 Å². The third kappa shape index (κ3) is 5.20. The molecule has 1 aliphatic heterocycles. The molecule has 1 unspecified atom stereocenters. The van der Waals surface area contributed by atoms with Gasteiger partial charge in [-0.2, -0.15) is 0 Å². The van der Waals surface area contributed by atoms with Crippen molar-refractivity contribution in [3.05, 3.63) is 28.9 Å². The van der Waals surface area contributed by atoms with Crippen molar-refractivity contribution in [1.29, 1.82) is 0 Å². The van der Waals surface area contributed by atoms with Crippen molar-refractivity contribution in [3.63, 3.8) is 0 Å². The Hall–Kier alpha value is -1.57. The van der Waals surface area contributed by atoms with Crippen LogP contribution in [0.25, 0.3) is 0 Å². The van der Waals surface area contributed by atoms with Crippen LogP contribution in [0.15, 0.2) is 18.2 Å². The Morgan fingerprint density at radius 3 is 2.88 bits per heavy atom. The minimum atomic E-state index is 0.0125. The molecule has 0 aliphatic carbocycles. The summed E-state index contributed by atoms with van der Waals surface area (Å²) in [5.41, 5.74) is 1.25. The average molecular weight is 362 g/mol. The van der Waals surface area contributed by atoms with Gasteiger partial charge >= 0.3 is 0 Å². The maximum Gasteiger partial charge on any atom is 0.211 e. The van der Waals surface area contributed by atoms with E-state index in [1.807, 2.05) is 18.2 Å². The minimum absolute atomic E-state index is 0.0125. The lowest BCUT2D eigenvalue weighted by Crippen LogP contribution is -2.42. The van der Waals surface area contributed by atoms with Crippen LogP contribution in [0.1, 0.15) is 44.5 Å². The fourth-order valence-electron chi connectivity index (χ4n) is 2.95. The van der Waals surface area contributed by atoms with Gasteiger partial charge in [0.2, 0.25) is 5.13 Å². The van der Waals surface area contributed by atoms with Crippen LogP contribution in [-0.4, -0.2) is 46.3 Å². The van der Waals surface area contributed by atoms with E-state index in [1.54, 1.807) is 11.3 Å². The second-order valence-corrected chi connectivity index (χ2v) is 8.64. The first-order valence-electron chi connectivity index (χ1n) is 8.83. The summed E-state index contributed by atoms with van der Waals surface area (Å²) >= 11 is 1.56. The molecule has 0 amide bonds. The van der Waals surface area contributed by atoms with E-state index in [1.165, 1.54) is 0 Å². The van der Waals surface area contributed by atoms with Crippen LogP contribution in [0, 0.1) is 5.41 Å². The van der Waals surface area contributed by atoms with E-state index < -0.39 is 0 Å². The Balaban J connectivity index is 1.68. The maximum absolute atomic E-state index is 5.98. The Morgan fingerprint density at radius 2 is 2.16 bits per heavy atom. The molecule has 1 fully saturated rings. The van der Waals surface area contributed by atoms with Crippen LogP contribution in [0.2, 0.25) is 0 Å². The van der Waals surface area contributed by atoms with Crippen LogP contribution in [0.4, 0.5) is 10.9 Å². The molecule has 2 aromatic rings. The zero-order valence-electron chi connectivity index (χ0n) is 15.5. The molecule has 3 heterocycles. The number of pyridine rings is 1. The molecule has 0 bridgehead atoms. The van der Waals surface area contributed by atoms with Gasteiger partial charge in [-0.3, -0.25) is 4.90 Å². The van der Waals surface area contributed by atoms with Crippen molar-refractivity contribution in [2.45, 2.75) is 40.2 Å². The summed E-state index contributed by atoms with van der Waals surface area (Å²) in [5.74, 6) is 0.785. The number of hydrogen-bond acceptors (Lipinski definition) is 7. The molecule has 136 valence electrons. The number of hydrogen-bond donors (Lipinski definition) is 1. The second-order valence-electron chi connectivity index (χ2n) is 7.58. The van der Waals surface area contributed by atoms with Gasteiger partial charge in [0.1, 0.15) is 16.9 Å². The zero-order valence-corrected chi connectivity index (χ0v) is 16.3. The summed E-state index contributed by atoms with van der Waals surface area (Å²) in [7, 11) is 0. The number of morpholine rings is 1. The summed E-state index contributed by atoms with van der Waals surface area (Å²) < 4.78 is 5.98. The molecule has 0 saturated carbocycles. The first-order chi connectivity index (χ1) is 11.9. The van der Waals surface area contributed by atoms with Gasteiger partial charge in [-0.05, 0) is 24.0 Å². The number of nitrogens with zero attached hydrogens (tertiary/aromatic N) is 4. The number of ether oxygens (including phenoxy) is 1. The molecule has 1 N–H and O–H groups in total. The van der Waals surface area contributed by atoms with Crippen LogP contribution in [0.3, 0.4) is 0 Å². The van der Waals surface area contributed by atoms with Gasteiger partial charge in [-0.1, -0.05) is 45.1 Å². The van der Waals surface area contributed by atoms with Gasteiger partial charge in [0.25, 0.3) is 0 Å². The molecule has 6 nitrogen and oxygen atoms in total. The fraction of sp³-hybridized carbons (Fsp3) is 0.611. The number of anilines is 2.